The predicted molar refractivity (Wildman–Crippen MR) is 125 cm³/mol. The Balaban J connectivity index is 1.78. The number of carbonyl (C=O) groups excluding carboxylic acids is 1. The molecule has 3 aromatic rings. The van der Waals surface area contributed by atoms with E-state index in [1.54, 1.807) is 36.4 Å². The molecule has 1 unspecified atom stereocenters. The quantitative estimate of drug-likeness (QED) is 0.163. The Bertz CT molecular complexity index is 1250. The third-order valence-electron chi connectivity index (χ3n) is 4.52. The van der Waals surface area contributed by atoms with E-state index in [4.69, 9.17) is 37.4 Å². The van der Waals surface area contributed by atoms with Crippen molar-refractivity contribution in [3.05, 3.63) is 87.7 Å². The van der Waals surface area contributed by atoms with E-state index in [-0.39, 0.29) is 33.4 Å². The standard InChI is InChI=1S/C25H18Cl2FNO4/c1-15(32-22-10-8-18(26)13-20(22)27)25(30)33-23-9-7-16(12-24(23)31-2)11-17(14-29)19-5-3-4-6-21(19)28/h3-13,15H,1-2H3/b17-11-. The molecule has 0 aliphatic heterocycles. The maximum atomic E-state index is 14.1. The van der Waals surface area contributed by atoms with Crippen LogP contribution in [-0.2, 0) is 4.79 Å². The van der Waals surface area contributed by atoms with Gasteiger partial charge < -0.3 is 14.2 Å². The van der Waals surface area contributed by atoms with E-state index >= 15 is 0 Å². The van der Waals surface area contributed by atoms with Crippen molar-refractivity contribution < 1.29 is 23.4 Å². The number of halogens is 3. The van der Waals surface area contributed by atoms with Gasteiger partial charge in [-0.25, -0.2) is 9.18 Å². The highest BCUT2D eigenvalue weighted by Crippen LogP contribution is 2.32. The van der Waals surface area contributed by atoms with Crippen molar-refractivity contribution in [3.8, 4) is 23.3 Å². The second kappa shape index (κ2) is 10.9. The van der Waals surface area contributed by atoms with Gasteiger partial charge in [-0.3, -0.25) is 0 Å². The molecule has 0 saturated carbocycles. The fraction of sp³-hybridized carbons (Fsp3) is 0.120. The molecule has 168 valence electrons. The Labute approximate surface area is 200 Å². The molecule has 0 N–H and O–H groups in total. The summed E-state index contributed by atoms with van der Waals surface area (Å²) in [7, 11) is 1.41. The lowest BCUT2D eigenvalue weighted by atomic mass is 10.0. The van der Waals surface area contributed by atoms with Crippen LogP contribution >= 0.6 is 23.2 Å². The molecule has 8 heteroatoms. The van der Waals surface area contributed by atoms with Crippen LogP contribution in [-0.4, -0.2) is 19.2 Å². The highest BCUT2D eigenvalue weighted by atomic mass is 35.5. The monoisotopic (exact) mass is 485 g/mol. The number of methoxy groups -OCH3 is 1. The van der Waals surface area contributed by atoms with Crippen LogP contribution in [0.4, 0.5) is 4.39 Å². The number of rotatable bonds is 7. The van der Waals surface area contributed by atoms with Gasteiger partial charge >= 0.3 is 5.97 Å². The van der Waals surface area contributed by atoms with Crippen LogP contribution in [0, 0.1) is 17.1 Å². The molecule has 1 atom stereocenters. The molecule has 0 aliphatic carbocycles. The summed E-state index contributed by atoms with van der Waals surface area (Å²) < 4.78 is 30.4. The van der Waals surface area contributed by atoms with Crippen molar-refractivity contribution in [2.45, 2.75) is 13.0 Å². The van der Waals surface area contributed by atoms with Crippen molar-refractivity contribution in [2.24, 2.45) is 0 Å². The van der Waals surface area contributed by atoms with E-state index in [2.05, 4.69) is 0 Å². The number of nitriles is 1. The number of esters is 1. The van der Waals surface area contributed by atoms with Gasteiger partial charge in [-0.2, -0.15) is 5.26 Å². The van der Waals surface area contributed by atoms with Crippen LogP contribution < -0.4 is 14.2 Å². The van der Waals surface area contributed by atoms with Crippen LogP contribution in [0.5, 0.6) is 17.2 Å². The third-order valence-corrected chi connectivity index (χ3v) is 5.05. The van der Waals surface area contributed by atoms with Gasteiger partial charge in [0.15, 0.2) is 17.6 Å². The summed E-state index contributed by atoms with van der Waals surface area (Å²) in [6.07, 6.45) is 0.542. The van der Waals surface area contributed by atoms with Gasteiger partial charge in [0.25, 0.3) is 0 Å². The molecule has 0 amide bonds. The molecule has 0 spiro atoms. The predicted octanol–water partition coefficient (Wildman–Crippen LogP) is 6.58. The van der Waals surface area contributed by atoms with Crippen LogP contribution in [0.25, 0.3) is 11.6 Å². The SMILES string of the molecule is COc1cc(/C=C(/C#N)c2ccccc2F)ccc1OC(=O)C(C)Oc1ccc(Cl)cc1Cl. The van der Waals surface area contributed by atoms with Crippen molar-refractivity contribution in [2.75, 3.05) is 7.11 Å². The Morgan fingerprint density at radius 3 is 2.45 bits per heavy atom. The van der Waals surface area contributed by atoms with Crippen LogP contribution in [0.2, 0.25) is 10.0 Å². The number of allylic oxidation sites excluding steroid dienone is 1. The first-order chi connectivity index (χ1) is 15.8. The molecule has 0 saturated heterocycles. The number of hydrogen-bond donors (Lipinski definition) is 0. The first-order valence-electron chi connectivity index (χ1n) is 9.70. The highest BCUT2D eigenvalue weighted by Gasteiger charge is 2.20. The van der Waals surface area contributed by atoms with Crippen LogP contribution in [0.1, 0.15) is 18.1 Å². The summed E-state index contributed by atoms with van der Waals surface area (Å²) in [5, 5.41) is 10.2. The summed E-state index contributed by atoms with van der Waals surface area (Å²) in [6.45, 7) is 1.52. The van der Waals surface area contributed by atoms with E-state index in [0.717, 1.165) is 0 Å². The number of benzene rings is 3. The number of ether oxygens (including phenoxy) is 3. The molecule has 3 aromatic carbocycles. The molecule has 3 rings (SSSR count). The van der Waals surface area contributed by atoms with Crippen LogP contribution in [0.3, 0.4) is 0 Å². The summed E-state index contributed by atoms with van der Waals surface area (Å²) in [5.74, 6) is -0.485. The number of carbonyl (C=O) groups is 1. The van der Waals surface area contributed by atoms with Gasteiger partial charge in [-0.05, 0) is 55.0 Å². The summed E-state index contributed by atoms with van der Waals surface area (Å²) in [5.41, 5.74) is 0.881. The lowest BCUT2D eigenvalue weighted by Crippen LogP contribution is -2.28. The van der Waals surface area contributed by atoms with Gasteiger partial charge in [-0.1, -0.05) is 47.5 Å². The zero-order valence-electron chi connectivity index (χ0n) is 17.6. The second-order valence-corrected chi connectivity index (χ2v) is 7.66. The zero-order chi connectivity index (χ0) is 24.0. The first-order valence-corrected chi connectivity index (χ1v) is 10.5. The summed E-state index contributed by atoms with van der Waals surface area (Å²) in [4.78, 5) is 12.5. The molecular formula is C25H18Cl2FNO4. The minimum atomic E-state index is -0.973. The van der Waals surface area contributed by atoms with E-state index in [1.165, 1.54) is 44.4 Å². The fourth-order valence-corrected chi connectivity index (χ4v) is 3.33. The normalized spacial score (nSPS) is 11.9. The molecule has 0 aliphatic rings. The molecule has 0 fully saturated rings. The minimum absolute atomic E-state index is 0.141. The van der Waals surface area contributed by atoms with E-state index < -0.39 is 17.9 Å². The maximum Gasteiger partial charge on any atom is 0.352 e. The lowest BCUT2D eigenvalue weighted by molar-refractivity contribution is -0.141. The van der Waals surface area contributed by atoms with Crippen molar-refractivity contribution in [3.63, 3.8) is 0 Å². The number of hydrogen-bond acceptors (Lipinski definition) is 5. The molecule has 0 bridgehead atoms. The summed E-state index contributed by atoms with van der Waals surface area (Å²) >= 11 is 11.9. The van der Waals surface area contributed by atoms with E-state index in [0.29, 0.717) is 10.6 Å². The van der Waals surface area contributed by atoms with Gasteiger partial charge in [0.1, 0.15) is 11.6 Å². The van der Waals surface area contributed by atoms with Gasteiger partial charge in [0, 0.05) is 10.6 Å². The van der Waals surface area contributed by atoms with E-state index in [9.17, 15) is 14.4 Å². The Morgan fingerprint density at radius 2 is 1.79 bits per heavy atom. The molecular weight excluding hydrogens is 468 g/mol. The fourth-order valence-electron chi connectivity index (χ4n) is 2.88. The highest BCUT2D eigenvalue weighted by molar-refractivity contribution is 6.35. The van der Waals surface area contributed by atoms with Gasteiger partial charge in [-0.15, -0.1) is 0 Å². The van der Waals surface area contributed by atoms with Crippen molar-refractivity contribution in [1.82, 2.24) is 0 Å². The topological polar surface area (TPSA) is 68.5 Å². The Kier molecular flexibility index (Phi) is 7.94. The first kappa shape index (κ1) is 24.1. The van der Waals surface area contributed by atoms with Crippen molar-refractivity contribution in [1.29, 1.82) is 5.26 Å². The Hall–Kier alpha value is -3.53. The van der Waals surface area contributed by atoms with Gasteiger partial charge in [0.05, 0.1) is 23.8 Å². The maximum absolute atomic E-state index is 14.1. The molecule has 5 nitrogen and oxygen atoms in total. The molecule has 0 radical (unpaired) electrons. The average molecular weight is 486 g/mol. The largest absolute Gasteiger partial charge is 0.493 e. The van der Waals surface area contributed by atoms with Crippen molar-refractivity contribution >= 4 is 40.8 Å². The number of nitrogens with zero attached hydrogens (tertiary/aromatic N) is 1. The lowest BCUT2D eigenvalue weighted by Gasteiger charge is -2.16. The average Bonchev–Trinajstić information content (AvgIpc) is 2.80. The summed E-state index contributed by atoms with van der Waals surface area (Å²) in [6, 6.07) is 17.3. The second-order valence-electron chi connectivity index (χ2n) is 6.82. The molecule has 33 heavy (non-hydrogen) atoms. The smallest absolute Gasteiger partial charge is 0.352 e. The van der Waals surface area contributed by atoms with Gasteiger partial charge in [0.2, 0.25) is 0 Å². The van der Waals surface area contributed by atoms with Crippen LogP contribution in [0.15, 0.2) is 60.7 Å². The zero-order valence-corrected chi connectivity index (χ0v) is 19.2. The minimum Gasteiger partial charge on any atom is -0.493 e. The third kappa shape index (κ3) is 6.04. The van der Waals surface area contributed by atoms with E-state index in [1.807, 2.05) is 6.07 Å². The molecule has 0 heterocycles. The molecule has 0 aromatic heterocycles. The Morgan fingerprint density at radius 1 is 1.06 bits per heavy atom.